The summed E-state index contributed by atoms with van der Waals surface area (Å²) >= 11 is 1.92. The lowest BCUT2D eigenvalue weighted by Gasteiger charge is -2.31. The zero-order valence-corrected chi connectivity index (χ0v) is 21.3. The van der Waals surface area contributed by atoms with E-state index < -0.39 is 0 Å². The average Bonchev–Trinajstić information content (AvgIpc) is 3.41. The minimum atomic E-state index is -0.187. The van der Waals surface area contributed by atoms with E-state index in [2.05, 4.69) is 54.2 Å². The first-order valence-corrected chi connectivity index (χ1v) is 13.5. The lowest BCUT2D eigenvalue weighted by Crippen LogP contribution is -2.42. The molecule has 0 fully saturated rings. The first kappa shape index (κ1) is 23.0. The molecule has 0 radical (unpaired) electrons. The van der Waals surface area contributed by atoms with Crippen LogP contribution in [-0.2, 0) is 19.4 Å². The van der Waals surface area contributed by atoms with Crippen molar-refractivity contribution in [3.05, 3.63) is 69.9 Å². The molecular formula is C28H35N3O2S. The molecule has 0 saturated carbocycles. The fourth-order valence-electron chi connectivity index (χ4n) is 5.25. The number of ether oxygens (including phenoxy) is 1. The van der Waals surface area contributed by atoms with E-state index in [0.717, 1.165) is 36.3 Å². The zero-order chi connectivity index (χ0) is 23.7. The number of aryl methyl sites for hydroxylation is 1. The zero-order valence-electron chi connectivity index (χ0n) is 20.5. The SMILES string of the molecule is CCOc1cccc(C2c3cccn3-c3sc4c(c3CN2C(=O)NCCC(C)C)CCCC4)c1. The molecule has 0 saturated heterocycles. The number of nitrogens with one attached hydrogen (secondary N) is 1. The molecule has 1 aliphatic heterocycles. The van der Waals surface area contributed by atoms with Crippen LogP contribution in [-0.4, -0.2) is 28.6 Å². The van der Waals surface area contributed by atoms with Gasteiger partial charge in [0.2, 0.25) is 0 Å². The fourth-order valence-corrected chi connectivity index (χ4v) is 6.65. The van der Waals surface area contributed by atoms with Crippen LogP contribution in [0.4, 0.5) is 4.79 Å². The molecule has 1 aromatic carbocycles. The monoisotopic (exact) mass is 477 g/mol. The number of urea groups is 1. The summed E-state index contributed by atoms with van der Waals surface area (Å²) in [5, 5.41) is 4.51. The number of benzene rings is 1. The molecule has 5 rings (SSSR count). The van der Waals surface area contributed by atoms with E-state index in [4.69, 9.17) is 4.74 Å². The number of hydrogen-bond acceptors (Lipinski definition) is 3. The van der Waals surface area contributed by atoms with Crippen LogP contribution in [0.2, 0.25) is 0 Å². The molecule has 0 bridgehead atoms. The van der Waals surface area contributed by atoms with Gasteiger partial charge in [-0.05, 0) is 80.3 Å². The van der Waals surface area contributed by atoms with E-state index in [1.165, 1.54) is 33.8 Å². The van der Waals surface area contributed by atoms with Crippen molar-refractivity contribution in [3.8, 4) is 10.8 Å². The molecule has 1 atom stereocenters. The van der Waals surface area contributed by atoms with Crippen LogP contribution in [0.5, 0.6) is 5.75 Å². The van der Waals surface area contributed by atoms with Crippen molar-refractivity contribution in [2.24, 2.45) is 5.92 Å². The number of nitrogens with zero attached hydrogens (tertiary/aromatic N) is 2. The van der Waals surface area contributed by atoms with Gasteiger partial charge in [0.15, 0.2) is 0 Å². The second kappa shape index (κ2) is 9.87. The summed E-state index contributed by atoms with van der Waals surface area (Å²) in [6, 6.07) is 12.3. The number of carbonyl (C=O) groups excluding carboxylic acids is 1. The summed E-state index contributed by atoms with van der Waals surface area (Å²) in [6.45, 7) is 8.31. The second-order valence-corrected chi connectivity index (χ2v) is 10.8. The van der Waals surface area contributed by atoms with E-state index in [1.54, 1.807) is 0 Å². The Morgan fingerprint density at radius 1 is 1.18 bits per heavy atom. The molecular weight excluding hydrogens is 442 g/mol. The van der Waals surface area contributed by atoms with Crippen molar-refractivity contribution < 1.29 is 9.53 Å². The third-order valence-electron chi connectivity index (χ3n) is 6.92. The summed E-state index contributed by atoms with van der Waals surface area (Å²) in [5.41, 5.74) is 5.02. The molecule has 5 nitrogen and oxygen atoms in total. The Labute approximate surface area is 206 Å². The minimum absolute atomic E-state index is 0.00354. The molecule has 2 aliphatic rings. The van der Waals surface area contributed by atoms with Crippen LogP contribution < -0.4 is 10.1 Å². The highest BCUT2D eigenvalue weighted by Gasteiger charge is 2.36. The maximum atomic E-state index is 13.7. The molecule has 0 spiro atoms. The molecule has 3 aromatic rings. The van der Waals surface area contributed by atoms with Crippen molar-refractivity contribution in [1.29, 1.82) is 0 Å². The van der Waals surface area contributed by atoms with Gasteiger partial charge in [-0.25, -0.2) is 4.79 Å². The quantitative estimate of drug-likeness (QED) is 0.442. The largest absolute Gasteiger partial charge is 0.494 e. The number of thiophene rings is 1. The Morgan fingerprint density at radius 2 is 2.03 bits per heavy atom. The maximum Gasteiger partial charge on any atom is 0.318 e. The third kappa shape index (κ3) is 4.36. The normalized spacial score (nSPS) is 17.1. The molecule has 1 aliphatic carbocycles. The van der Waals surface area contributed by atoms with Gasteiger partial charge in [-0.1, -0.05) is 26.0 Å². The predicted molar refractivity (Wildman–Crippen MR) is 138 cm³/mol. The highest BCUT2D eigenvalue weighted by atomic mass is 32.1. The van der Waals surface area contributed by atoms with Gasteiger partial charge in [-0.3, -0.25) is 0 Å². The highest BCUT2D eigenvalue weighted by molar-refractivity contribution is 7.15. The van der Waals surface area contributed by atoms with E-state index in [1.807, 2.05) is 35.3 Å². The number of aromatic nitrogens is 1. The molecule has 6 heteroatoms. The number of hydrogen-bond donors (Lipinski definition) is 1. The smallest absolute Gasteiger partial charge is 0.318 e. The Kier molecular flexibility index (Phi) is 6.68. The number of carbonyl (C=O) groups is 1. The Bertz CT molecular complexity index is 1160. The van der Waals surface area contributed by atoms with Gasteiger partial charge < -0.3 is 19.5 Å². The summed E-state index contributed by atoms with van der Waals surface area (Å²) < 4.78 is 8.15. The highest BCUT2D eigenvalue weighted by Crippen LogP contribution is 2.44. The number of fused-ring (bicyclic) bond motifs is 5. The van der Waals surface area contributed by atoms with Crippen molar-refractivity contribution in [1.82, 2.24) is 14.8 Å². The minimum Gasteiger partial charge on any atom is -0.494 e. The van der Waals surface area contributed by atoms with Crippen LogP contribution >= 0.6 is 11.3 Å². The molecule has 34 heavy (non-hydrogen) atoms. The Morgan fingerprint density at radius 3 is 2.85 bits per heavy atom. The van der Waals surface area contributed by atoms with E-state index in [9.17, 15) is 4.79 Å². The van der Waals surface area contributed by atoms with Gasteiger partial charge in [0.05, 0.1) is 24.9 Å². The van der Waals surface area contributed by atoms with Crippen LogP contribution in [0.3, 0.4) is 0 Å². The van der Waals surface area contributed by atoms with Crippen LogP contribution in [0.15, 0.2) is 42.6 Å². The van der Waals surface area contributed by atoms with Crippen molar-refractivity contribution >= 4 is 17.4 Å². The molecule has 180 valence electrons. The summed E-state index contributed by atoms with van der Waals surface area (Å²) in [4.78, 5) is 17.3. The summed E-state index contributed by atoms with van der Waals surface area (Å²) in [6.07, 6.45) is 7.90. The van der Waals surface area contributed by atoms with Crippen LogP contribution in [0, 0.1) is 5.92 Å². The standard InChI is InChI=1S/C28H35N3O2S/c1-4-33-21-10-7-9-20(17-21)26-24-12-8-16-30(24)27-23(22-11-5-6-13-25(22)34-27)18-31(26)28(32)29-15-14-19(2)3/h7-10,12,16-17,19,26H,4-6,11,13-15,18H2,1-3H3,(H,29,32). The van der Waals surface area contributed by atoms with Gasteiger partial charge >= 0.3 is 6.03 Å². The second-order valence-electron chi connectivity index (χ2n) is 9.75. The fraction of sp³-hybridized carbons (Fsp3) is 0.464. The lowest BCUT2D eigenvalue weighted by atomic mass is 9.95. The van der Waals surface area contributed by atoms with Gasteiger partial charge in [-0.15, -0.1) is 11.3 Å². The Balaban J connectivity index is 1.61. The topological polar surface area (TPSA) is 46.5 Å². The van der Waals surface area contributed by atoms with Crippen molar-refractivity contribution in [2.75, 3.05) is 13.2 Å². The first-order valence-electron chi connectivity index (χ1n) is 12.6. The van der Waals surface area contributed by atoms with Crippen molar-refractivity contribution in [2.45, 2.75) is 65.5 Å². The first-order chi connectivity index (χ1) is 16.6. The van der Waals surface area contributed by atoms with Gasteiger partial charge in [0.25, 0.3) is 0 Å². The molecule has 1 N–H and O–H groups in total. The molecule has 2 aromatic heterocycles. The average molecular weight is 478 g/mol. The van der Waals surface area contributed by atoms with Gasteiger partial charge in [0, 0.05) is 23.2 Å². The molecule has 1 unspecified atom stereocenters. The van der Waals surface area contributed by atoms with E-state index in [0.29, 0.717) is 25.6 Å². The van der Waals surface area contributed by atoms with E-state index in [-0.39, 0.29) is 12.1 Å². The van der Waals surface area contributed by atoms with Gasteiger partial charge in [-0.2, -0.15) is 0 Å². The summed E-state index contributed by atoms with van der Waals surface area (Å²) in [7, 11) is 0. The van der Waals surface area contributed by atoms with E-state index >= 15 is 0 Å². The predicted octanol–water partition coefficient (Wildman–Crippen LogP) is 6.48. The molecule has 2 amide bonds. The lowest BCUT2D eigenvalue weighted by molar-refractivity contribution is 0.180. The number of rotatable bonds is 6. The third-order valence-corrected chi connectivity index (χ3v) is 8.26. The van der Waals surface area contributed by atoms with Crippen LogP contribution in [0.25, 0.3) is 5.00 Å². The Hall–Kier alpha value is -2.73. The van der Waals surface area contributed by atoms with Crippen molar-refractivity contribution in [3.63, 3.8) is 0 Å². The maximum absolute atomic E-state index is 13.7. The van der Waals surface area contributed by atoms with Crippen LogP contribution in [0.1, 0.15) is 73.3 Å². The number of amides is 2. The summed E-state index contributed by atoms with van der Waals surface area (Å²) in [5.74, 6) is 1.39. The van der Waals surface area contributed by atoms with Gasteiger partial charge in [0.1, 0.15) is 10.8 Å². The molecule has 3 heterocycles.